The van der Waals surface area contributed by atoms with Crippen LogP contribution in [-0.2, 0) is 22.2 Å². The van der Waals surface area contributed by atoms with Gasteiger partial charge in [-0.25, -0.2) is 18.1 Å². The second kappa shape index (κ2) is 11.5. The van der Waals surface area contributed by atoms with Gasteiger partial charge in [0.1, 0.15) is 0 Å². The van der Waals surface area contributed by atoms with E-state index in [1.807, 2.05) is 42.1 Å². The summed E-state index contributed by atoms with van der Waals surface area (Å²) < 4.78 is 26.6. The molecule has 176 valence electrons. The van der Waals surface area contributed by atoms with Crippen LogP contribution in [0, 0.1) is 5.92 Å². The third-order valence-corrected chi connectivity index (χ3v) is 9.30. The van der Waals surface area contributed by atoms with Crippen molar-refractivity contribution < 1.29 is 8.42 Å². The van der Waals surface area contributed by atoms with Crippen LogP contribution in [0.2, 0.25) is 0 Å². The van der Waals surface area contributed by atoms with Crippen molar-refractivity contribution in [1.29, 1.82) is 0 Å². The molecule has 33 heavy (non-hydrogen) atoms. The Bertz CT molecular complexity index is 1140. The molecule has 0 radical (unpaired) electrons. The first kappa shape index (κ1) is 24.3. The predicted molar refractivity (Wildman–Crippen MR) is 140 cm³/mol. The molecule has 0 amide bonds. The van der Waals surface area contributed by atoms with Crippen LogP contribution >= 0.6 is 23.1 Å². The standard InChI is InChI=1S/C14H21NO2S.C11H10N2S2/c16-18(17,12-14-9-5-2-6-10-14)15-11-13-7-3-1-4-8-13;12-11-13-10-7-3-1-2-4-8(7)14-6-5-9(10)15-11/h2,5-6,9-10,13,15H,1,3-4,7-8,11-12H2;1-4H,5-6H2,(H2,12,13). The monoisotopic (exact) mass is 501 g/mol. The zero-order chi connectivity index (χ0) is 23.1. The van der Waals surface area contributed by atoms with Crippen molar-refractivity contribution in [3.8, 4) is 11.3 Å². The summed E-state index contributed by atoms with van der Waals surface area (Å²) in [4.78, 5) is 7.08. The number of nitrogen functional groups attached to an aromatic ring is 1. The highest BCUT2D eigenvalue weighted by atomic mass is 32.2. The normalized spacial score (nSPS) is 16.1. The van der Waals surface area contributed by atoms with Gasteiger partial charge in [-0.1, -0.05) is 67.8 Å². The molecule has 1 aliphatic heterocycles. The summed E-state index contributed by atoms with van der Waals surface area (Å²) in [7, 11) is -3.18. The first-order valence-corrected chi connectivity index (χ1v) is 14.9. The minimum atomic E-state index is -3.18. The Morgan fingerprint density at radius 2 is 1.73 bits per heavy atom. The molecule has 1 saturated carbocycles. The second-order valence-electron chi connectivity index (χ2n) is 8.52. The Labute approximate surface area is 205 Å². The van der Waals surface area contributed by atoms with Crippen molar-refractivity contribution in [2.24, 2.45) is 5.92 Å². The van der Waals surface area contributed by atoms with Crippen LogP contribution in [0.3, 0.4) is 0 Å². The number of sulfonamides is 1. The molecular weight excluding hydrogens is 470 g/mol. The van der Waals surface area contributed by atoms with E-state index in [2.05, 4.69) is 34.0 Å². The number of nitrogens with zero attached hydrogens (tertiary/aromatic N) is 1. The van der Waals surface area contributed by atoms with Crippen molar-refractivity contribution >= 4 is 38.3 Å². The number of thiazole rings is 1. The minimum absolute atomic E-state index is 0.0839. The topological polar surface area (TPSA) is 85.1 Å². The number of rotatable bonds is 5. The van der Waals surface area contributed by atoms with E-state index in [-0.39, 0.29) is 5.75 Å². The quantitative estimate of drug-likeness (QED) is 0.467. The van der Waals surface area contributed by atoms with Crippen molar-refractivity contribution in [3.63, 3.8) is 0 Å². The zero-order valence-electron chi connectivity index (χ0n) is 18.7. The Kier molecular flexibility index (Phi) is 8.46. The highest BCUT2D eigenvalue weighted by molar-refractivity contribution is 7.99. The molecule has 2 heterocycles. The molecule has 2 aromatic carbocycles. The lowest BCUT2D eigenvalue weighted by Gasteiger charge is -2.21. The van der Waals surface area contributed by atoms with Crippen molar-refractivity contribution in [2.45, 2.75) is 49.2 Å². The Morgan fingerprint density at radius 3 is 2.52 bits per heavy atom. The van der Waals surface area contributed by atoms with Gasteiger partial charge in [0, 0.05) is 27.6 Å². The van der Waals surface area contributed by atoms with Crippen LogP contribution in [0.15, 0.2) is 59.5 Å². The summed E-state index contributed by atoms with van der Waals surface area (Å²) in [6.07, 6.45) is 7.18. The molecule has 1 fully saturated rings. The predicted octanol–water partition coefficient (Wildman–Crippen LogP) is 5.73. The van der Waals surface area contributed by atoms with Crippen molar-refractivity contribution in [1.82, 2.24) is 9.71 Å². The Balaban J connectivity index is 0.000000159. The molecule has 0 bridgehead atoms. The molecule has 0 spiro atoms. The maximum absolute atomic E-state index is 11.9. The number of nitrogens with two attached hydrogens (primary N) is 1. The number of aryl methyl sites for hydroxylation is 1. The van der Waals surface area contributed by atoms with E-state index in [1.54, 1.807) is 11.3 Å². The summed E-state index contributed by atoms with van der Waals surface area (Å²) >= 11 is 3.52. The SMILES string of the molecule is Nc1nc2c(s1)CCSc1ccccc1-2.O=S(=O)(Cc1ccccc1)NCC1CCCCC1. The third-order valence-electron chi connectivity index (χ3n) is 5.96. The third kappa shape index (κ3) is 7.06. The molecule has 1 aromatic heterocycles. The molecule has 1 aliphatic carbocycles. The highest BCUT2D eigenvalue weighted by Gasteiger charge is 2.19. The first-order valence-electron chi connectivity index (χ1n) is 11.5. The van der Waals surface area contributed by atoms with Gasteiger partial charge >= 0.3 is 0 Å². The molecule has 3 N–H and O–H groups in total. The number of hydrogen-bond donors (Lipinski definition) is 2. The van der Waals surface area contributed by atoms with Gasteiger partial charge < -0.3 is 5.73 Å². The summed E-state index contributed by atoms with van der Waals surface area (Å²) in [5.74, 6) is 1.73. The summed E-state index contributed by atoms with van der Waals surface area (Å²) in [5, 5.41) is 0.682. The van der Waals surface area contributed by atoms with Crippen LogP contribution in [0.25, 0.3) is 11.3 Å². The Morgan fingerprint density at radius 1 is 1.00 bits per heavy atom. The number of nitrogens with one attached hydrogen (secondary N) is 1. The molecule has 0 unspecified atom stereocenters. The fourth-order valence-electron chi connectivity index (χ4n) is 4.27. The van der Waals surface area contributed by atoms with Gasteiger partial charge in [0.05, 0.1) is 11.4 Å². The van der Waals surface area contributed by atoms with Gasteiger partial charge in [-0.15, -0.1) is 23.1 Å². The second-order valence-corrected chi connectivity index (χ2v) is 12.6. The molecule has 3 aromatic rings. The van der Waals surface area contributed by atoms with Crippen LogP contribution in [0.5, 0.6) is 0 Å². The van der Waals surface area contributed by atoms with Crippen LogP contribution in [-0.4, -0.2) is 25.7 Å². The average molecular weight is 502 g/mol. The largest absolute Gasteiger partial charge is 0.375 e. The fraction of sp³-hybridized carbons (Fsp3) is 0.400. The number of anilines is 1. The number of benzene rings is 2. The van der Waals surface area contributed by atoms with E-state index in [9.17, 15) is 8.42 Å². The van der Waals surface area contributed by atoms with Crippen LogP contribution in [0.4, 0.5) is 5.13 Å². The van der Waals surface area contributed by atoms with E-state index in [4.69, 9.17) is 5.73 Å². The maximum atomic E-state index is 11.9. The smallest absolute Gasteiger partial charge is 0.215 e. The van der Waals surface area contributed by atoms with Gasteiger partial charge in [0.25, 0.3) is 0 Å². The van der Waals surface area contributed by atoms with Crippen molar-refractivity contribution in [2.75, 3.05) is 18.0 Å². The maximum Gasteiger partial charge on any atom is 0.215 e. The lowest BCUT2D eigenvalue weighted by molar-refractivity contribution is 0.357. The lowest BCUT2D eigenvalue weighted by Crippen LogP contribution is -2.31. The minimum Gasteiger partial charge on any atom is -0.375 e. The molecule has 2 aliphatic rings. The zero-order valence-corrected chi connectivity index (χ0v) is 21.2. The lowest BCUT2D eigenvalue weighted by atomic mass is 9.90. The van der Waals surface area contributed by atoms with Crippen molar-refractivity contribution in [3.05, 3.63) is 65.0 Å². The Hall–Kier alpha value is -1.87. The number of hydrogen-bond acceptors (Lipinski definition) is 6. The fourth-order valence-corrected chi connectivity index (χ4v) is 7.49. The number of thioether (sulfide) groups is 1. The van der Waals surface area contributed by atoms with E-state index >= 15 is 0 Å². The van der Waals surface area contributed by atoms with E-state index in [0.29, 0.717) is 17.6 Å². The first-order chi connectivity index (χ1) is 16.0. The number of fused-ring (bicyclic) bond motifs is 3. The highest BCUT2D eigenvalue weighted by Crippen LogP contribution is 2.39. The number of aromatic nitrogens is 1. The van der Waals surface area contributed by atoms with Gasteiger partial charge in [0.2, 0.25) is 10.0 Å². The van der Waals surface area contributed by atoms with E-state index < -0.39 is 10.0 Å². The van der Waals surface area contributed by atoms with Crippen LogP contribution in [0.1, 0.15) is 42.5 Å². The van der Waals surface area contributed by atoms with Gasteiger partial charge in [-0.05, 0) is 36.8 Å². The van der Waals surface area contributed by atoms with E-state index in [1.165, 1.54) is 34.6 Å². The molecule has 5 nitrogen and oxygen atoms in total. The average Bonchev–Trinajstić information content (AvgIpc) is 3.11. The van der Waals surface area contributed by atoms with Crippen LogP contribution < -0.4 is 10.5 Å². The summed E-state index contributed by atoms with van der Waals surface area (Å²) in [5.41, 5.74) is 8.94. The molecular formula is C25H31N3O2S3. The molecule has 0 saturated heterocycles. The van der Waals surface area contributed by atoms with Gasteiger partial charge in [-0.2, -0.15) is 0 Å². The van der Waals surface area contributed by atoms with Gasteiger partial charge in [0.15, 0.2) is 5.13 Å². The molecule has 0 atom stereocenters. The van der Waals surface area contributed by atoms with Gasteiger partial charge in [-0.3, -0.25) is 0 Å². The molecule has 5 rings (SSSR count). The van der Waals surface area contributed by atoms with E-state index in [0.717, 1.165) is 36.3 Å². The molecule has 8 heteroatoms. The summed E-state index contributed by atoms with van der Waals surface area (Å²) in [6, 6.07) is 17.7. The summed E-state index contributed by atoms with van der Waals surface area (Å²) in [6.45, 7) is 0.606.